The van der Waals surface area contributed by atoms with E-state index in [1.165, 1.54) is 37.1 Å². The Balaban J connectivity index is 2.15. The predicted octanol–water partition coefficient (Wildman–Crippen LogP) is 3.11. The molecule has 15 heavy (non-hydrogen) atoms. The first-order chi connectivity index (χ1) is 7.15. The predicted molar refractivity (Wildman–Crippen MR) is 65.4 cm³/mol. The number of hydrogen-bond acceptors (Lipinski definition) is 1. The van der Waals surface area contributed by atoms with Crippen molar-refractivity contribution >= 4 is 0 Å². The second-order valence-electron chi connectivity index (χ2n) is 5.00. The van der Waals surface area contributed by atoms with Gasteiger partial charge in [0, 0.05) is 0 Å². The van der Waals surface area contributed by atoms with E-state index in [9.17, 15) is 0 Å². The lowest BCUT2D eigenvalue weighted by molar-refractivity contribution is 0.255. The van der Waals surface area contributed by atoms with Gasteiger partial charge in [-0.15, -0.1) is 0 Å². The zero-order valence-electron chi connectivity index (χ0n) is 10.1. The first-order valence-electron chi connectivity index (χ1n) is 5.92. The van der Waals surface area contributed by atoms with Crippen LogP contribution < -0.4 is 0 Å². The van der Waals surface area contributed by atoms with E-state index in [1.807, 2.05) is 0 Å². The van der Waals surface area contributed by atoms with Crippen LogP contribution in [0.2, 0.25) is 0 Å². The summed E-state index contributed by atoms with van der Waals surface area (Å²) in [4.78, 5) is 2.43. The molecule has 0 N–H and O–H groups in total. The molecule has 1 aliphatic heterocycles. The molecule has 0 radical (unpaired) electrons. The molecule has 82 valence electrons. The van der Waals surface area contributed by atoms with E-state index in [1.54, 1.807) is 5.56 Å². The van der Waals surface area contributed by atoms with Crippen molar-refractivity contribution in [1.82, 2.24) is 4.90 Å². The second-order valence-corrected chi connectivity index (χ2v) is 5.00. The first-order valence-corrected chi connectivity index (χ1v) is 5.92. The Morgan fingerprint density at radius 3 is 2.07 bits per heavy atom. The minimum absolute atomic E-state index is 0.791. The van der Waals surface area contributed by atoms with E-state index >= 15 is 0 Å². The number of likely N-dealkylation sites (tertiary alicyclic amines) is 1. The van der Waals surface area contributed by atoms with E-state index in [0.29, 0.717) is 0 Å². The molecule has 0 atom stereocenters. The molecule has 0 amide bonds. The topological polar surface area (TPSA) is 3.24 Å². The van der Waals surface area contributed by atoms with Gasteiger partial charge in [0.15, 0.2) is 0 Å². The molecule has 1 aliphatic rings. The zero-order chi connectivity index (χ0) is 10.8. The Hall–Kier alpha value is -0.820. The van der Waals surface area contributed by atoms with Crippen molar-refractivity contribution in [3.8, 4) is 0 Å². The molecule has 2 rings (SSSR count). The highest BCUT2D eigenvalue weighted by Gasteiger charge is 2.18. The van der Waals surface area contributed by atoms with Crippen molar-refractivity contribution in [3.63, 3.8) is 0 Å². The van der Waals surface area contributed by atoms with Crippen molar-refractivity contribution in [3.05, 3.63) is 34.9 Å². The quantitative estimate of drug-likeness (QED) is 0.678. The molecule has 1 aromatic carbocycles. The summed E-state index contributed by atoms with van der Waals surface area (Å²) in [6.45, 7) is 6.90. The van der Waals surface area contributed by atoms with Crippen molar-refractivity contribution in [1.29, 1.82) is 0 Å². The van der Waals surface area contributed by atoms with Gasteiger partial charge in [0.05, 0.1) is 0 Å². The SMILES string of the molecule is Cc1cc(C)cc(C2CCN(C)CC2)c1. The van der Waals surface area contributed by atoms with Crippen molar-refractivity contribution in [2.45, 2.75) is 32.6 Å². The maximum atomic E-state index is 2.43. The Labute approximate surface area is 93.1 Å². The number of piperidine rings is 1. The van der Waals surface area contributed by atoms with Crippen LogP contribution >= 0.6 is 0 Å². The number of benzene rings is 1. The summed E-state index contributed by atoms with van der Waals surface area (Å²) >= 11 is 0. The fraction of sp³-hybridized carbons (Fsp3) is 0.571. The molecule has 1 nitrogen and oxygen atoms in total. The minimum Gasteiger partial charge on any atom is -0.306 e. The molecule has 1 aromatic rings. The third kappa shape index (κ3) is 2.60. The van der Waals surface area contributed by atoms with E-state index in [0.717, 1.165) is 5.92 Å². The molecule has 1 fully saturated rings. The number of rotatable bonds is 1. The molecular formula is C14H21N. The highest BCUT2D eigenvalue weighted by molar-refractivity contribution is 5.31. The summed E-state index contributed by atoms with van der Waals surface area (Å²) in [5.74, 6) is 0.791. The second kappa shape index (κ2) is 4.36. The summed E-state index contributed by atoms with van der Waals surface area (Å²) in [6, 6.07) is 6.99. The van der Waals surface area contributed by atoms with Gasteiger partial charge < -0.3 is 4.90 Å². The highest BCUT2D eigenvalue weighted by atomic mass is 15.1. The Bertz CT molecular complexity index is 315. The molecule has 0 unspecified atom stereocenters. The lowest BCUT2D eigenvalue weighted by atomic mass is 9.88. The van der Waals surface area contributed by atoms with Crippen LogP contribution in [0.1, 0.15) is 35.4 Å². The average Bonchev–Trinajstić information content (AvgIpc) is 2.17. The molecule has 0 aromatic heterocycles. The van der Waals surface area contributed by atoms with Crippen LogP contribution in [0.25, 0.3) is 0 Å². The zero-order valence-corrected chi connectivity index (χ0v) is 10.1. The first kappa shape index (κ1) is 10.7. The van der Waals surface area contributed by atoms with Crippen LogP contribution in [0.3, 0.4) is 0 Å². The normalized spacial score (nSPS) is 19.4. The van der Waals surface area contributed by atoms with Crippen molar-refractivity contribution in [2.24, 2.45) is 0 Å². The van der Waals surface area contributed by atoms with Crippen LogP contribution in [0, 0.1) is 13.8 Å². The summed E-state index contributed by atoms with van der Waals surface area (Å²) in [7, 11) is 2.22. The van der Waals surface area contributed by atoms with Gasteiger partial charge in [-0.25, -0.2) is 0 Å². The molecule has 1 heteroatoms. The molecule has 1 heterocycles. The molecule has 0 saturated carbocycles. The molecule has 0 aliphatic carbocycles. The van der Waals surface area contributed by atoms with Crippen LogP contribution in [0.5, 0.6) is 0 Å². The monoisotopic (exact) mass is 203 g/mol. The lowest BCUT2D eigenvalue weighted by Crippen LogP contribution is -2.29. The summed E-state index contributed by atoms with van der Waals surface area (Å²) in [6.07, 6.45) is 2.64. The van der Waals surface area contributed by atoms with Gasteiger partial charge in [-0.3, -0.25) is 0 Å². The largest absolute Gasteiger partial charge is 0.306 e. The smallest absolute Gasteiger partial charge is 0.00159 e. The van der Waals surface area contributed by atoms with Gasteiger partial charge in [0.25, 0.3) is 0 Å². The standard InChI is InChI=1S/C14H21N/c1-11-8-12(2)10-14(9-11)13-4-6-15(3)7-5-13/h8-10,13H,4-7H2,1-3H3. The Morgan fingerprint density at radius 1 is 1.00 bits per heavy atom. The van der Waals surface area contributed by atoms with Gasteiger partial charge >= 0.3 is 0 Å². The van der Waals surface area contributed by atoms with Crippen molar-refractivity contribution in [2.75, 3.05) is 20.1 Å². The number of hydrogen-bond donors (Lipinski definition) is 0. The molecule has 0 spiro atoms. The maximum Gasteiger partial charge on any atom is -0.00159 e. The van der Waals surface area contributed by atoms with Gasteiger partial charge in [0.2, 0.25) is 0 Å². The molecule has 0 bridgehead atoms. The van der Waals surface area contributed by atoms with E-state index < -0.39 is 0 Å². The maximum absolute atomic E-state index is 2.43. The van der Waals surface area contributed by atoms with E-state index in [2.05, 4.69) is 44.0 Å². The van der Waals surface area contributed by atoms with Crippen molar-refractivity contribution < 1.29 is 0 Å². The lowest BCUT2D eigenvalue weighted by Gasteiger charge is -2.29. The number of aryl methyl sites for hydroxylation is 2. The number of nitrogens with zero attached hydrogens (tertiary/aromatic N) is 1. The van der Waals surface area contributed by atoms with E-state index in [-0.39, 0.29) is 0 Å². The fourth-order valence-corrected chi connectivity index (χ4v) is 2.59. The van der Waals surface area contributed by atoms with Crippen LogP contribution in [0.4, 0.5) is 0 Å². The van der Waals surface area contributed by atoms with Gasteiger partial charge in [-0.2, -0.15) is 0 Å². The Morgan fingerprint density at radius 2 is 1.53 bits per heavy atom. The minimum atomic E-state index is 0.791. The average molecular weight is 203 g/mol. The fourth-order valence-electron chi connectivity index (χ4n) is 2.59. The van der Waals surface area contributed by atoms with Crippen LogP contribution in [0.15, 0.2) is 18.2 Å². The molecular weight excluding hydrogens is 182 g/mol. The van der Waals surface area contributed by atoms with Crippen LogP contribution in [-0.4, -0.2) is 25.0 Å². The van der Waals surface area contributed by atoms with Gasteiger partial charge in [0.1, 0.15) is 0 Å². The van der Waals surface area contributed by atoms with Gasteiger partial charge in [-0.05, 0) is 58.3 Å². The third-order valence-corrected chi connectivity index (χ3v) is 3.43. The van der Waals surface area contributed by atoms with Crippen LogP contribution in [-0.2, 0) is 0 Å². The summed E-state index contributed by atoms with van der Waals surface area (Å²) < 4.78 is 0. The highest BCUT2D eigenvalue weighted by Crippen LogP contribution is 2.28. The molecule has 1 saturated heterocycles. The Kier molecular flexibility index (Phi) is 3.11. The van der Waals surface area contributed by atoms with Gasteiger partial charge in [-0.1, -0.05) is 29.3 Å². The summed E-state index contributed by atoms with van der Waals surface area (Å²) in [5.41, 5.74) is 4.37. The summed E-state index contributed by atoms with van der Waals surface area (Å²) in [5, 5.41) is 0. The van der Waals surface area contributed by atoms with E-state index in [4.69, 9.17) is 0 Å². The third-order valence-electron chi connectivity index (χ3n) is 3.43.